The maximum Gasteiger partial charge on any atom is 0.269 e. The minimum atomic E-state index is -0.0134. The van der Waals surface area contributed by atoms with Crippen molar-refractivity contribution in [3.8, 4) is 5.75 Å². The van der Waals surface area contributed by atoms with Gasteiger partial charge in [-0.3, -0.25) is 4.79 Å². The third-order valence-corrected chi connectivity index (χ3v) is 6.47. The Morgan fingerprint density at radius 2 is 1.82 bits per heavy atom. The molecular weight excluding hydrogens is 368 g/mol. The number of H-pyrrole nitrogens is 1. The molecule has 146 valence electrons. The van der Waals surface area contributed by atoms with E-state index in [4.69, 9.17) is 4.74 Å². The quantitative estimate of drug-likeness (QED) is 0.539. The fraction of sp³-hybridized carbons (Fsp3) is 0.348. The summed E-state index contributed by atoms with van der Waals surface area (Å²) in [5, 5.41) is 4.32. The standard InChI is InChI=1S/C23H26N2O2S/c1-27-17-13-14-19-20(15-17)25-21(22(19)28-18-11-7-4-8-12-18)23(26)24-16-9-5-2-3-6-10-16/h4,7-8,11-16,25H,2-3,5-6,9-10H2,1H3,(H,24,26). The molecule has 2 N–H and O–H groups in total. The molecule has 1 saturated carbocycles. The first kappa shape index (κ1) is 18.9. The van der Waals surface area contributed by atoms with E-state index in [9.17, 15) is 4.79 Å². The van der Waals surface area contributed by atoms with Gasteiger partial charge in [0.05, 0.1) is 17.5 Å². The number of hydrogen-bond donors (Lipinski definition) is 2. The van der Waals surface area contributed by atoms with Crippen LogP contribution in [0.2, 0.25) is 0 Å². The third kappa shape index (κ3) is 4.20. The second kappa shape index (κ2) is 8.74. The first-order valence-electron chi connectivity index (χ1n) is 9.98. The average Bonchev–Trinajstić information content (AvgIpc) is 2.88. The van der Waals surface area contributed by atoms with Crippen molar-refractivity contribution in [1.82, 2.24) is 10.3 Å². The van der Waals surface area contributed by atoms with Crippen LogP contribution in [-0.4, -0.2) is 24.0 Å². The van der Waals surface area contributed by atoms with E-state index in [-0.39, 0.29) is 11.9 Å². The molecule has 1 amide bonds. The highest BCUT2D eigenvalue weighted by atomic mass is 32.2. The van der Waals surface area contributed by atoms with Gasteiger partial charge in [0, 0.05) is 22.4 Å². The molecule has 4 rings (SSSR count). The summed E-state index contributed by atoms with van der Waals surface area (Å²) in [6, 6.07) is 16.4. The van der Waals surface area contributed by atoms with E-state index >= 15 is 0 Å². The van der Waals surface area contributed by atoms with Gasteiger partial charge in [-0.2, -0.15) is 0 Å². The van der Waals surface area contributed by atoms with Gasteiger partial charge in [0.15, 0.2) is 0 Å². The summed E-state index contributed by atoms with van der Waals surface area (Å²) in [4.78, 5) is 18.6. The fourth-order valence-electron chi connectivity index (χ4n) is 3.83. The molecule has 0 unspecified atom stereocenters. The summed E-state index contributed by atoms with van der Waals surface area (Å²) in [6.45, 7) is 0. The predicted molar refractivity (Wildman–Crippen MR) is 114 cm³/mol. The second-order valence-electron chi connectivity index (χ2n) is 7.32. The second-order valence-corrected chi connectivity index (χ2v) is 8.40. The number of carbonyl (C=O) groups is 1. The highest BCUT2D eigenvalue weighted by Crippen LogP contribution is 2.38. The van der Waals surface area contributed by atoms with Crippen molar-refractivity contribution in [3.63, 3.8) is 0 Å². The van der Waals surface area contributed by atoms with Crippen molar-refractivity contribution in [3.05, 3.63) is 54.2 Å². The number of hydrogen-bond acceptors (Lipinski definition) is 3. The van der Waals surface area contributed by atoms with Gasteiger partial charge < -0.3 is 15.0 Å². The minimum Gasteiger partial charge on any atom is -0.497 e. The lowest BCUT2D eigenvalue weighted by Gasteiger charge is -2.16. The molecule has 0 radical (unpaired) electrons. The highest BCUT2D eigenvalue weighted by Gasteiger charge is 2.22. The van der Waals surface area contributed by atoms with Crippen LogP contribution in [-0.2, 0) is 0 Å². The molecule has 28 heavy (non-hydrogen) atoms. The zero-order chi connectivity index (χ0) is 19.3. The molecule has 0 spiro atoms. The number of methoxy groups -OCH3 is 1. The van der Waals surface area contributed by atoms with E-state index in [1.807, 2.05) is 36.4 Å². The molecule has 1 aliphatic carbocycles. The predicted octanol–water partition coefficient (Wildman–Crippen LogP) is 5.78. The van der Waals surface area contributed by atoms with Crippen LogP contribution >= 0.6 is 11.8 Å². The van der Waals surface area contributed by atoms with Gasteiger partial charge in [-0.25, -0.2) is 0 Å². The molecule has 1 heterocycles. The number of ether oxygens (including phenoxy) is 1. The lowest BCUT2D eigenvalue weighted by atomic mass is 10.1. The molecular formula is C23H26N2O2S. The largest absolute Gasteiger partial charge is 0.497 e. The Kier molecular flexibility index (Phi) is 5.91. The summed E-state index contributed by atoms with van der Waals surface area (Å²) in [5.41, 5.74) is 1.56. The summed E-state index contributed by atoms with van der Waals surface area (Å²) in [6.07, 6.45) is 7.07. The molecule has 0 bridgehead atoms. The molecule has 2 aromatic carbocycles. The Labute approximate surface area is 170 Å². The number of aromatic nitrogens is 1. The Morgan fingerprint density at radius 1 is 1.07 bits per heavy atom. The van der Waals surface area contributed by atoms with Crippen molar-refractivity contribution < 1.29 is 9.53 Å². The fourth-order valence-corrected chi connectivity index (χ4v) is 4.89. The topological polar surface area (TPSA) is 54.1 Å². The number of amides is 1. The lowest BCUT2D eigenvalue weighted by Crippen LogP contribution is -2.34. The number of fused-ring (bicyclic) bond motifs is 1. The van der Waals surface area contributed by atoms with Crippen molar-refractivity contribution in [2.75, 3.05) is 7.11 Å². The van der Waals surface area contributed by atoms with Gasteiger partial charge in [0.25, 0.3) is 5.91 Å². The monoisotopic (exact) mass is 394 g/mol. The van der Waals surface area contributed by atoms with E-state index in [1.54, 1.807) is 18.9 Å². The number of aromatic amines is 1. The molecule has 0 atom stereocenters. The van der Waals surface area contributed by atoms with Crippen molar-refractivity contribution >= 4 is 28.6 Å². The van der Waals surface area contributed by atoms with Crippen LogP contribution in [0.15, 0.2) is 58.3 Å². The molecule has 5 heteroatoms. The van der Waals surface area contributed by atoms with E-state index in [0.717, 1.165) is 39.3 Å². The van der Waals surface area contributed by atoms with Crippen LogP contribution in [0.3, 0.4) is 0 Å². The average molecular weight is 395 g/mol. The smallest absolute Gasteiger partial charge is 0.269 e. The molecule has 1 aromatic heterocycles. The highest BCUT2D eigenvalue weighted by molar-refractivity contribution is 7.99. The third-order valence-electron chi connectivity index (χ3n) is 5.34. The summed E-state index contributed by atoms with van der Waals surface area (Å²) >= 11 is 1.63. The van der Waals surface area contributed by atoms with E-state index in [1.165, 1.54) is 25.7 Å². The zero-order valence-corrected chi connectivity index (χ0v) is 17.0. The number of rotatable bonds is 5. The first-order chi connectivity index (χ1) is 13.7. The Bertz CT molecular complexity index is 944. The van der Waals surface area contributed by atoms with E-state index in [0.29, 0.717) is 5.69 Å². The summed E-state index contributed by atoms with van der Waals surface area (Å²) in [5.74, 6) is 0.765. The van der Waals surface area contributed by atoms with Gasteiger partial charge in [0.2, 0.25) is 0 Å². The summed E-state index contributed by atoms with van der Waals surface area (Å²) in [7, 11) is 1.66. The van der Waals surface area contributed by atoms with E-state index in [2.05, 4.69) is 22.4 Å². The van der Waals surface area contributed by atoms with Crippen LogP contribution in [0.5, 0.6) is 5.75 Å². The van der Waals surface area contributed by atoms with Crippen LogP contribution < -0.4 is 10.1 Å². The summed E-state index contributed by atoms with van der Waals surface area (Å²) < 4.78 is 5.36. The first-order valence-corrected chi connectivity index (χ1v) is 10.8. The maximum absolute atomic E-state index is 13.2. The Balaban J connectivity index is 1.68. The normalized spacial score (nSPS) is 15.3. The maximum atomic E-state index is 13.2. The van der Waals surface area contributed by atoms with Crippen LogP contribution in [0, 0.1) is 0 Å². The van der Waals surface area contributed by atoms with Crippen LogP contribution in [0.1, 0.15) is 49.0 Å². The molecule has 0 saturated heterocycles. The zero-order valence-electron chi connectivity index (χ0n) is 16.2. The van der Waals surface area contributed by atoms with Crippen LogP contribution in [0.4, 0.5) is 0 Å². The molecule has 1 fully saturated rings. The molecule has 0 aliphatic heterocycles. The van der Waals surface area contributed by atoms with Gasteiger partial charge in [-0.05, 0) is 37.1 Å². The SMILES string of the molecule is COc1ccc2c(Sc3ccccc3)c(C(=O)NC3CCCCCC3)[nH]c2c1. The van der Waals surface area contributed by atoms with Gasteiger partial charge in [-0.1, -0.05) is 55.6 Å². The van der Waals surface area contributed by atoms with Crippen LogP contribution in [0.25, 0.3) is 10.9 Å². The minimum absolute atomic E-state index is 0.0134. The Hall–Kier alpha value is -2.40. The van der Waals surface area contributed by atoms with Gasteiger partial charge >= 0.3 is 0 Å². The molecule has 4 nitrogen and oxygen atoms in total. The lowest BCUT2D eigenvalue weighted by molar-refractivity contribution is 0.0926. The van der Waals surface area contributed by atoms with E-state index < -0.39 is 0 Å². The van der Waals surface area contributed by atoms with Crippen molar-refractivity contribution in [2.45, 2.75) is 54.4 Å². The number of nitrogens with one attached hydrogen (secondary N) is 2. The van der Waals surface area contributed by atoms with Crippen molar-refractivity contribution in [1.29, 1.82) is 0 Å². The van der Waals surface area contributed by atoms with Gasteiger partial charge in [-0.15, -0.1) is 0 Å². The number of carbonyl (C=O) groups excluding carboxylic acids is 1. The molecule has 3 aromatic rings. The Morgan fingerprint density at radius 3 is 2.54 bits per heavy atom. The number of benzene rings is 2. The molecule has 1 aliphatic rings. The van der Waals surface area contributed by atoms with Gasteiger partial charge in [0.1, 0.15) is 11.4 Å². The van der Waals surface area contributed by atoms with Crippen molar-refractivity contribution in [2.24, 2.45) is 0 Å².